The van der Waals surface area contributed by atoms with Gasteiger partial charge in [0.1, 0.15) is 0 Å². The molecule has 1 aliphatic heterocycles. The predicted molar refractivity (Wildman–Crippen MR) is 100 cm³/mol. The van der Waals surface area contributed by atoms with Crippen LogP contribution in [0.5, 0.6) is 0 Å². The van der Waals surface area contributed by atoms with Crippen molar-refractivity contribution < 1.29 is 9.84 Å². The fourth-order valence-corrected chi connectivity index (χ4v) is 2.77. The van der Waals surface area contributed by atoms with Crippen LogP contribution in [0.25, 0.3) is 0 Å². The number of hydrogen-bond donors (Lipinski definition) is 2. The third-order valence-electron chi connectivity index (χ3n) is 4.09. The minimum atomic E-state index is -0.210. The zero-order chi connectivity index (χ0) is 15.1. The van der Waals surface area contributed by atoms with E-state index in [0.717, 1.165) is 57.8 Å². The van der Waals surface area contributed by atoms with Crippen LogP contribution in [-0.2, 0) is 4.74 Å². The molecular weight excluding hydrogens is 395 g/mol. The molecule has 2 rings (SSSR count). The number of methoxy groups -OCH3 is 1. The van der Waals surface area contributed by atoms with E-state index in [-0.39, 0.29) is 30.1 Å². The molecule has 0 spiro atoms. The van der Waals surface area contributed by atoms with Crippen LogP contribution >= 0.6 is 24.0 Å². The molecule has 0 aromatic rings. The smallest absolute Gasteiger partial charge is 0.194 e. The molecule has 1 saturated heterocycles. The molecule has 0 aromatic heterocycles. The SMILES string of the molecule is CCNC(=NCCN(CCOC)C1CC1)N1CC[C@@H](O)C1.I. The highest BCUT2D eigenvalue weighted by Crippen LogP contribution is 2.26. The second-order valence-electron chi connectivity index (χ2n) is 5.88. The van der Waals surface area contributed by atoms with Crippen molar-refractivity contribution in [3.05, 3.63) is 0 Å². The molecule has 2 fully saturated rings. The second-order valence-corrected chi connectivity index (χ2v) is 5.88. The summed E-state index contributed by atoms with van der Waals surface area (Å²) >= 11 is 0. The summed E-state index contributed by atoms with van der Waals surface area (Å²) in [5.41, 5.74) is 0. The Kier molecular flexibility index (Phi) is 9.62. The Morgan fingerprint density at radius 3 is 2.68 bits per heavy atom. The van der Waals surface area contributed by atoms with E-state index >= 15 is 0 Å². The summed E-state index contributed by atoms with van der Waals surface area (Å²) in [6.45, 7) is 8.10. The number of halogens is 1. The summed E-state index contributed by atoms with van der Waals surface area (Å²) in [6, 6.07) is 0.742. The van der Waals surface area contributed by atoms with E-state index in [1.165, 1.54) is 12.8 Å². The number of aliphatic imine (C=N–C) groups is 1. The van der Waals surface area contributed by atoms with Gasteiger partial charge >= 0.3 is 0 Å². The van der Waals surface area contributed by atoms with Crippen LogP contribution in [0.4, 0.5) is 0 Å². The van der Waals surface area contributed by atoms with Gasteiger partial charge in [-0.1, -0.05) is 0 Å². The monoisotopic (exact) mass is 426 g/mol. The zero-order valence-electron chi connectivity index (χ0n) is 13.8. The highest BCUT2D eigenvalue weighted by atomic mass is 127. The van der Waals surface area contributed by atoms with E-state index in [4.69, 9.17) is 9.73 Å². The molecule has 1 aliphatic carbocycles. The summed E-state index contributed by atoms with van der Waals surface area (Å²) in [5, 5.41) is 13.0. The number of ether oxygens (including phenoxy) is 1. The first kappa shape index (κ1) is 19.9. The van der Waals surface area contributed by atoms with E-state index in [1.807, 2.05) is 0 Å². The number of nitrogens with one attached hydrogen (secondary N) is 1. The van der Waals surface area contributed by atoms with Gasteiger partial charge in [0.25, 0.3) is 0 Å². The Morgan fingerprint density at radius 2 is 2.14 bits per heavy atom. The maximum absolute atomic E-state index is 9.66. The molecule has 0 amide bonds. The number of hydrogen-bond acceptors (Lipinski definition) is 4. The van der Waals surface area contributed by atoms with Gasteiger partial charge in [-0.05, 0) is 26.2 Å². The number of guanidine groups is 1. The van der Waals surface area contributed by atoms with Crippen molar-refractivity contribution in [2.45, 2.75) is 38.3 Å². The quantitative estimate of drug-likeness (QED) is 0.341. The van der Waals surface area contributed by atoms with Crippen molar-refractivity contribution in [3.8, 4) is 0 Å². The first-order valence-corrected chi connectivity index (χ1v) is 8.19. The molecule has 2 N–H and O–H groups in total. The maximum Gasteiger partial charge on any atom is 0.194 e. The lowest BCUT2D eigenvalue weighted by Gasteiger charge is -2.23. The van der Waals surface area contributed by atoms with Crippen molar-refractivity contribution in [2.24, 2.45) is 4.99 Å². The Hall–Kier alpha value is -0.120. The van der Waals surface area contributed by atoms with Gasteiger partial charge in [-0.15, -0.1) is 24.0 Å². The molecular formula is C15H31IN4O2. The first-order chi connectivity index (χ1) is 10.2. The van der Waals surface area contributed by atoms with Gasteiger partial charge in [0, 0.05) is 45.9 Å². The van der Waals surface area contributed by atoms with Gasteiger partial charge in [-0.2, -0.15) is 0 Å². The average molecular weight is 426 g/mol. The Balaban J connectivity index is 0.00000242. The predicted octanol–water partition coefficient (Wildman–Crippen LogP) is 0.747. The van der Waals surface area contributed by atoms with E-state index in [1.54, 1.807) is 7.11 Å². The van der Waals surface area contributed by atoms with Crippen LogP contribution in [0.15, 0.2) is 4.99 Å². The van der Waals surface area contributed by atoms with Gasteiger partial charge in [-0.3, -0.25) is 9.89 Å². The van der Waals surface area contributed by atoms with Crippen LogP contribution < -0.4 is 5.32 Å². The largest absolute Gasteiger partial charge is 0.391 e. The molecule has 22 heavy (non-hydrogen) atoms. The third kappa shape index (κ3) is 6.55. The number of nitrogens with zero attached hydrogens (tertiary/aromatic N) is 3. The number of rotatable bonds is 8. The Labute approximate surface area is 151 Å². The molecule has 2 aliphatic rings. The van der Waals surface area contributed by atoms with Crippen molar-refractivity contribution in [1.29, 1.82) is 0 Å². The highest BCUT2D eigenvalue weighted by molar-refractivity contribution is 14.0. The minimum Gasteiger partial charge on any atom is -0.391 e. The van der Waals surface area contributed by atoms with Crippen LogP contribution in [-0.4, -0.2) is 86.0 Å². The fraction of sp³-hybridized carbons (Fsp3) is 0.933. The van der Waals surface area contributed by atoms with Gasteiger partial charge in [0.2, 0.25) is 0 Å². The van der Waals surface area contributed by atoms with Crippen LogP contribution in [0.3, 0.4) is 0 Å². The highest BCUT2D eigenvalue weighted by Gasteiger charge is 2.28. The number of β-amino-alcohol motifs (C(OH)–C–C–N with tert-alkyl or cyclic N) is 1. The Bertz CT molecular complexity index is 340. The summed E-state index contributed by atoms with van der Waals surface area (Å²) in [7, 11) is 1.76. The minimum absolute atomic E-state index is 0. The van der Waals surface area contributed by atoms with E-state index in [2.05, 4.69) is 22.0 Å². The second kappa shape index (κ2) is 10.6. The molecule has 6 nitrogen and oxygen atoms in total. The molecule has 1 heterocycles. The van der Waals surface area contributed by atoms with Gasteiger partial charge < -0.3 is 20.1 Å². The lowest BCUT2D eigenvalue weighted by atomic mass is 10.3. The summed E-state index contributed by atoms with van der Waals surface area (Å²) < 4.78 is 5.18. The van der Waals surface area contributed by atoms with Crippen LogP contribution in [0.2, 0.25) is 0 Å². The van der Waals surface area contributed by atoms with E-state index in [0.29, 0.717) is 6.54 Å². The van der Waals surface area contributed by atoms with Crippen molar-refractivity contribution in [2.75, 3.05) is 53.0 Å². The molecule has 0 unspecified atom stereocenters. The summed E-state index contributed by atoms with van der Waals surface area (Å²) in [5.74, 6) is 0.941. The lowest BCUT2D eigenvalue weighted by molar-refractivity contribution is 0.145. The topological polar surface area (TPSA) is 60.3 Å². The van der Waals surface area contributed by atoms with Crippen LogP contribution in [0.1, 0.15) is 26.2 Å². The summed E-state index contributed by atoms with van der Waals surface area (Å²) in [4.78, 5) is 9.36. The van der Waals surface area contributed by atoms with Gasteiger partial charge in [-0.25, -0.2) is 0 Å². The molecule has 130 valence electrons. The molecule has 0 aromatic carbocycles. The zero-order valence-corrected chi connectivity index (χ0v) is 16.2. The third-order valence-corrected chi connectivity index (χ3v) is 4.09. The number of likely N-dealkylation sites (tertiary alicyclic amines) is 1. The van der Waals surface area contributed by atoms with E-state index in [9.17, 15) is 5.11 Å². The number of aliphatic hydroxyl groups is 1. The van der Waals surface area contributed by atoms with Crippen LogP contribution in [0, 0.1) is 0 Å². The lowest BCUT2D eigenvalue weighted by Crippen LogP contribution is -2.41. The van der Waals surface area contributed by atoms with Gasteiger partial charge in [0.15, 0.2) is 5.96 Å². The molecule has 0 radical (unpaired) electrons. The standard InChI is InChI=1S/C15H30N4O2.HI/c1-3-16-15(19-8-6-14(20)12-19)17-7-9-18(10-11-21-2)13-4-5-13;/h13-14,20H,3-12H2,1-2H3,(H,16,17);1H/t14-;/m1./s1. The van der Waals surface area contributed by atoms with Crippen molar-refractivity contribution >= 4 is 29.9 Å². The number of aliphatic hydroxyl groups excluding tert-OH is 1. The average Bonchev–Trinajstić information content (AvgIpc) is 3.23. The van der Waals surface area contributed by atoms with Crippen molar-refractivity contribution in [1.82, 2.24) is 15.1 Å². The molecule has 1 saturated carbocycles. The van der Waals surface area contributed by atoms with E-state index < -0.39 is 0 Å². The maximum atomic E-state index is 9.66. The molecule has 7 heteroatoms. The van der Waals surface area contributed by atoms with Crippen molar-refractivity contribution in [3.63, 3.8) is 0 Å². The molecule has 1 atom stereocenters. The fourth-order valence-electron chi connectivity index (χ4n) is 2.77. The normalized spacial score (nSPS) is 22.1. The van der Waals surface area contributed by atoms with Gasteiger partial charge in [0.05, 0.1) is 19.3 Å². The molecule has 0 bridgehead atoms. The summed E-state index contributed by atoms with van der Waals surface area (Å²) in [6.07, 6.45) is 3.25. The first-order valence-electron chi connectivity index (χ1n) is 8.19. The Morgan fingerprint density at radius 1 is 1.36 bits per heavy atom.